The maximum Gasteiger partial charge on any atom is 0.246 e. The topological polar surface area (TPSA) is 232 Å². The van der Waals surface area contributed by atoms with Gasteiger partial charge in [0.15, 0.2) is 34.5 Å². The molecule has 440 valence electrons. The number of nitriles is 1. The molecule has 0 bridgehead atoms. The van der Waals surface area contributed by atoms with Gasteiger partial charge in [-0.05, 0) is 146 Å². The van der Waals surface area contributed by atoms with Crippen LogP contribution in [-0.2, 0) is 14.4 Å². The highest BCUT2D eigenvalue weighted by molar-refractivity contribution is 5.89. The van der Waals surface area contributed by atoms with E-state index in [0.717, 1.165) is 135 Å². The number of aromatic hydroxyl groups is 3. The fourth-order valence-corrected chi connectivity index (χ4v) is 9.12. The standard InChI is InChI=1S/3C17H19NO3.C14H12O3.C2H3N.H2O/c3*19-17(18-10-4-1-5-11-18)7-3-2-6-14-8-9-15-16(12-14)21-13-20-15;15-12-5-3-10(4-6-12)1-2-11-7-13(16)9-14(17)8-11;1-2-3;/h3*2-3,6-9,12H,1,4-5,10-11,13H2;1-9,15-17H;1H3;1H2/b3*6-2+,7-3+;2-1+;;. The van der Waals surface area contributed by atoms with Gasteiger partial charge in [-0.15, -0.1) is 0 Å². The molecule has 5 N–H and O–H groups in total. The second-order valence-electron chi connectivity index (χ2n) is 19.6. The summed E-state index contributed by atoms with van der Waals surface area (Å²) in [4.78, 5) is 41.5. The summed E-state index contributed by atoms with van der Waals surface area (Å²) >= 11 is 0. The van der Waals surface area contributed by atoms with Crippen molar-refractivity contribution in [3.8, 4) is 57.8 Å². The molecule has 3 fully saturated rings. The van der Waals surface area contributed by atoms with Crippen molar-refractivity contribution in [2.75, 3.05) is 59.6 Å². The second-order valence-corrected chi connectivity index (χ2v) is 19.6. The molecule has 17 nitrogen and oxygen atoms in total. The van der Waals surface area contributed by atoms with E-state index < -0.39 is 0 Å². The number of carbonyl (C=O) groups excluding carboxylic acids is 3. The van der Waals surface area contributed by atoms with Gasteiger partial charge in [0.05, 0.1) is 6.07 Å². The first-order valence-electron chi connectivity index (χ1n) is 27.9. The number of fused-ring (bicyclic) bond motifs is 3. The fourth-order valence-electron chi connectivity index (χ4n) is 9.12. The van der Waals surface area contributed by atoms with E-state index in [9.17, 15) is 24.6 Å². The molecule has 0 atom stereocenters. The van der Waals surface area contributed by atoms with Crippen LogP contribution in [0.15, 0.2) is 152 Å². The highest BCUT2D eigenvalue weighted by Gasteiger charge is 2.17. The Bertz CT molecular complexity index is 2930. The van der Waals surface area contributed by atoms with Crippen LogP contribution >= 0.6 is 0 Å². The molecule has 0 aromatic heterocycles. The average Bonchev–Trinajstić information content (AvgIpc) is 4.42. The molecule has 5 aromatic carbocycles. The number of rotatable bonds is 11. The van der Waals surface area contributed by atoms with E-state index in [1.54, 1.807) is 85.0 Å². The minimum Gasteiger partial charge on any atom is -0.508 e. The minimum absolute atomic E-state index is 0. The lowest BCUT2D eigenvalue weighted by atomic mass is 10.1. The predicted molar refractivity (Wildman–Crippen MR) is 325 cm³/mol. The number of likely N-dealkylation sites (tertiary alicyclic amines) is 3. The van der Waals surface area contributed by atoms with E-state index >= 15 is 0 Å². The van der Waals surface area contributed by atoms with E-state index in [1.165, 1.54) is 32.3 Å². The number of nitrogens with zero attached hydrogens (tertiary/aromatic N) is 4. The highest BCUT2D eigenvalue weighted by Crippen LogP contribution is 2.35. The Morgan fingerprint density at radius 1 is 0.381 bits per heavy atom. The zero-order valence-electron chi connectivity index (χ0n) is 47.4. The molecular weight excluding hydrogens is 1070 g/mol. The highest BCUT2D eigenvalue weighted by atomic mass is 16.7. The molecule has 6 aliphatic rings. The Kier molecular flexibility index (Phi) is 26.2. The molecule has 0 aliphatic carbocycles. The third-order valence-corrected chi connectivity index (χ3v) is 13.4. The summed E-state index contributed by atoms with van der Waals surface area (Å²) in [6.45, 7) is 7.59. The Morgan fingerprint density at radius 2 is 0.679 bits per heavy atom. The van der Waals surface area contributed by atoms with Crippen LogP contribution < -0.4 is 28.4 Å². The maximum atomic E-state index is 11.9. The summed E-state index contributed by atoms with van der Waals surface area (Å²) in [7, 11) is 0. The normalized spacial score (nSPS) is 15.6. The molecule has 6 heterocycles. The molecule has 3 amide bonds. The predicted octanol–water partition coefficient (Wildman–Crippen LogP) is 11.7. The number of phenolic OH excluding ortho intramolecular Hbond substituents is 3. The second kappa shape index (κ2) is 34.6. The Morgan fingerprint density at radius 3 is 1.01 bits per heavy atom. The Labute approximate surface area is 491 Å². The zero-order valence-corrected chi connectivity index (χ0v) is 47.4. The van der Waals surface area contributed by atoms with Gasteiger partial charge in [0.25, 0.3) is 0 Å². The molecule has 84 heavy (non-hydrogen) atoms. The molecule has 17 heteroatoms. The summed E-state index contributed by atoms with van der Waals surface area (Å²) in [5, 5.41) is 35.0. The molecule has 11 rings (SSSR count). The van der Waals surface area contributed by atoms with Crippen LogP contribution in [0.5, 0.6) is 51.7 Å². The van der Waals surface area contributed by atoms with Crippen molar-refractivity contribution < 1.29 is 63.6 Å². The fraction of sp³-hybridized carbons (Fsp3) is 0.284. The van der Waals surface area contributed by atoms with Crippen LogP contribution in [-0.4, -0.2) is 113 Å². The first-order chi connectivity index (χ1) is 40.5. The molecule has 0 unspecified atom stereocenters. The van der Waals surface area contributed by atoms with Crippen LogP contribution in [0.3, 0.4) is 0 Å². The van der Waals surface area contributed by atoms with Gasteiger partial charge < -0.3 is 63.9 Å². The zero-order chi connectivity index (χ0) is 58.4. The maximum absolute atomic E-state index is 11.9. The number of piperidine rings is 3. The number of allylic oxidation sites excluding steroid dienone is 6. The van der Waals surface area contributed by atoms with Crippen molar-refractivity contribution in [2.24, 2.45) is 0 Å². The molecule has 3 saturated heterocycles. The van der Waals surface area contributed by atoms with E-state index in [-0.39, 0.29) is 60.8 Å². The quantitative estimate of drug-likeness (QED) is 0.0635. The lowest BCUT2D eigenvalue weighted by Gasteiger charge is -2.25. The van der Waals surface area contributed by atoms with Gasteiger partial charge in [-0.1, -0.05) is 97.2 Å². The number of hydrogen-bond donors (Lipinski definition) is 3. The first-order valence-corrected chi connectivity index (χ1v) is 27.9. The smallest absolute Gasteiger partial charge is 0.246 e. The summed E-state index contributed by atoms with van der Waals surface area (Å²) in [5.41, 5.74) is 4.69. The molecule has 6 aliphatic heterocycles. The summed E-state index contributed by atoms with van der Waals surface area (Å²) in [6.07, 6.45) is 35.7. The molecule has 0 radical (unpaired) electrons. The number of carbonyl (C=O) groups is 3. The molecule has 0 saturated carbocycles. The number of amides is 3. The van der Waals surface area contributed by atoms with Crippen molar-refractivity contribution in [1.29, 1.82) is 5.26 Å². The van der Waals surface area contributed by atoms with Crippen LogP contribution in [0.4, 0.5) is 0 Å². The first kappa shape index (κ1) is 63.5. The average molecular weight is 1140 g/mol. The van der Waals surface area contributed by atoms with E-state index in [0.29, 0.717) is 5.56 Å². The van der Waals surface area contributed by atoms with E-state index in [4.69, 9.17) is 38.8 Å². The van der Waals surface area contributed by atoms with Crippen molar-refractivity contribution in [3.63, 3.8) is 0 Å². The van der Waals surface area contributed by atoms with E-state index in [1.807, 2.05) is 112 Å². The van der Waals surface area contributed by atoms with Gasteiger partial charge in [0, 0.05) is 70.5 Å². The largest absolute Gasteiger partial charge is 0.508 e. The number of phenols is 3. The number of benzene rings is 5. The van der Waals surface area contributed by atoms with Crippen molar-refractivity contribution in [2.45, 2.75) is 64.7 Å². The number of hydrogen-bond acceptors (Lipinski definition) is 13. The number of ether oxygens (including phenoxy) is 6. The van der Waals surface area contributed by atoms with E-state index in [2.05, 4.69) is 0 Å². The van der Waals surface area contributed by atoms with Crippen molar-refractivity contribution in [3.05, 3.63) is 180 Å². The SMILES string of the molecule is CC#N.O.O=C(/C=C/C=C/c1ccc2c(c1)OCO2)N1CCCCC1.O=C(/C=C/C=C/c1ccc2c(c1)OCO2)N1CCCCC1.O=C(/C=C/C=C/c1ccc2c(c1)OCO2)N1CCCCC1.Oc1ccc(/C=C/c2cc(O)cc(O)c2)cc1. The van der Waals surface area contributed by atoms with Crippen LogP contribution in [0.1, 0.15) is 92.5 Å². The van der Waals surface area contributed by atoms with Crippen LogP contribution in [0, 0.1) is 11.3 Å². The van der Waals surface area contributed by atoms with Gasteiger partial charge >= 0.3 is 0 Å². The van der Waals surface area contributed by atoms with Gasteiger partial charge in [0.1, 0.15) is 17.2 Å². The van der Waals surface area contributed by atoms with Gasteiger partial charge in [0.2, 0.25) is 38.1 Å². The van der Waals surface area contributed by atoms with Gasteiger partial charge in [-0.2, -0.15) is 5.26 Å². The third-order valence-electron chi connectivity index (χ3n) is 13.4. The summed E-state index contributed by atoms with van der Waals surface area (Å²) < 4.78 is 31.8. The van der Waals surface area contributed by atoms with Gasteiger partial charge in [-0.25, -0.2) is 0 Å². The Hall–Kier alpha value is -9.66. The third kappa shape index (κ3) is 21.3. The summed E-state index contributed by atoms with van der Waals surface area (Å²) in [6, 6.07) is 30.2. The van der Waals surface area contributed by atoms with Crippen molar-refractivity contribution >= 4 is 48.1 Å². The monoisotopic (exact) mass is 1140 g/mol. The van der Waals surface area contributed by atoms with Crippen LogP contribution in [0.2, 0.25) is 0 Å². The minimum atomic E-state index is 0. The van der Waals surface area contributed by atoms with Crippen molar-refractivity contribution in [1.82, 2.24) is 14.7 Å². The Balaban J connectivity index is 0.000000177. The molecule has 5 aromatic rings. The molecular formula is C67H74N4O13. The van der Waals surface area contributed by atoms with Crippen LogP contribution in [0.25, 0.3) is 30.4 Å². The lowest BCUT2D eigenvalue weighted by Crippen LogP contribution is -2.34. The van der Waals surface area contributed by atoms with Gasteiger partial charge in [-0.3, -0.25) is 14.4 Å². The summed E-state index contributed by atoms with van der Waals surface area (Å²) in [5.74, 6) is 5.22. The molecule has 0 spiro atoms. The lowest BCUT2D eigenvalue weighted by molar-refractivity contribution is -0.127.